The van der Waals surface area contributed by atoms with E-state index in [1.807, 2.05) is 0 Å². The SMILES string of the molecule is CCCCCCCCCCCCC/C=C\CCCCCCCCC(O)C(=O)NC(COC1OC(CO)C(O)C(O)C1O)C(O)C(O)CCCCCCCCCCCCCCCCCC. The van der Waals surface area contributed by atoms with E-state index in [0.717, 1.165) is 51.4 Å². The van der Waals surface area contributed by atoms with Crippen LogP contribution >= 0.6 is 0 Å². The average Bonchev–Trinajstić information content (AvgIpc) is 3.29. The lowest BCUT2D eigenvalue weighted by Gasteiger charge is -2.40. The number of carbonyl (C=O) groups is 1. The van der Waals surface area contributed by atoms with Crippen molar-refractivity contribution in [2.45, 2.75) is 306 Å². The summed E-state index contributed by atoms with van der Waals surface area (Å²) in [7, 11) is 0. The lowest BCUT2D eigenvalue weighted by molar-refractivity contribution is -0.303. The molecule has 1 aliphatic heterocycles. The summed E-state index contributed by atoms with van der Waals surface area (Å²) in [6.45, 7) is 3.47. The summed E-state index contributed by atoms with van der Waals surface area (Å²) in [6.07, 6.45) is 36.8. The van der Waals surface area contributed by atoms with Gasteiger partial charge in [0.1, 0.15) is 36.6 Å². The number of rotatable bonds is 46. The summed E-state index contributed by atoms with van der Waals surface area (Å²) >= 11 is 0. The minimum Gasteiger partial charge on any atom is -0.394 e. The number of aliphatic hydroxyl groups is 7. The third kappa shape index (κ3) is 31.8. The Morgan fingerprint density at radius 1 is 0.531 bits per heavy atom. The van der Waals surface area contributed by atoms with E-state index in [0.29, 0.717) is 19.3 Å². The Labute approximate surface area is 392 Å². The van der Waals surface area contributed by atoms with Crippen molar-refractivity contribution in [1.82, 2.24) is 5.32 Å². The fourth-order valence-corrected chi connectivity index (χ4v) is 8.85. The number of hydrogen-bond donors (Lipinski definition) is 8. The van der Waals surface area contributed by atoms with Crippen molar-refractivity contribution < 1.29 is 50.0 Å². The third-order valence-electron chi connectivity index (χ3n) is 13.3. The first-order valence-electron chi connectivity index (χ1n) is 27.1. The summed E-state index contributed by atoms with van der Waals surface area (Å²) < 4.78 is 11.1. The lowest BCUT2D eigenvalue weighted by atomic mass is 9.98. The molecule has 64 heavy (non-hydrogen) atoms. The van der Waals surface area contributed by atoms with Crippen LogP contribution in [0.1, 0.15) is 251 Å². The molecule has 0 aromatic heterocycles. The number of aliphatic hydroxyl groups excluding tert-OH is 7. The van der Waals surface area contributed by atoms with Crippen LogP contribution in [0.15, 0.2) is 12.2 Å². The molecule has 0 aliphatic carbocycles. The van der Waals surface area contributed by atoms with Crippen LogP contribution in [0.25, 0.3) is 0 Å². The molecule has 380 valence electrons. The Hall–Kier alpha value is -1.15. The average molecular weight is 914 g/mol. The van der Waals surface area contributed by atoms with Crippen LogP contribution in [0.2, 0.25) is 0 Å². The van der Waals surface area contributed by atoms with Gasteiger partial charge in [-0.15, -0.1) is 0 Å². The summed E-state index contributed by atoms with van der Waals surface area (Å²) in [6, 6.07) is -1.17. The maximum Gasteiger partial charge on any atom is 0.249 e. The van der Waals surface area contributed by atoms with Gasteiger partial charge in [0.15, 0.2) is 6.29 Å². The van der Waals surface area contributed by atoms with E-state index < -0.39 is 74.2 Å². The number of hydrogen-bond acceptors (Lipinski definition) is 10. The predicted octanol–water partition coefficient (Wildman–Crippen LogP) is 10.4. The number of nitrogens with one attached hydrogen (secondary N) is 1. The molecule has 9 atom stereocenters. The van der Waals surface area contributed by atoms with Crippen LogP contribution in [-0.2, 0) is 14.3 Å². The Kier molecular flexibility index (Phi) is 41.0. The molecule has 1 heterocycles. The molecule has 1 fully saturated rings. The molecule has 0 aromatic carbocycles. The highest BCUT2D eigenvalue weighted by Gasteiger charge is 2.44. The van der Waals surface area contributed by atoms with E-state index in [1.54, 1.807) is 0 Å². The first kappa shape index (κ1) is 60.9. The summed E-state index contributed by atoms with van der Waals surface area (Å²) in [5.41, 5.74) is 0. The molecule has 9 unspecified atom stereocenters. The standard InChI is InChI=1S/C53H103NO10/c1-3-5-7-9-11-13-15-17-19-21-22-23-24-25-27-29-31-33-35-37-39-41-46(57)52(62)54-44(43-63-53-51(61)50(60)49(59)47(42-55)64-53)48(58)45(56)40-38-36-34-32-30-28-26-20-18-16-14-12-10-8-6-4-2/h24-25,44-51,53,55-61H,3-23,26-43H2,1-2H3,(H,54,62)/b25-24-. The van der Waals surface area contributed by atoms with Crippen LogP contribution < -0.4 is 5.32 Å². The summed E-state index contributed by atoms with van der Waals surface area (Å²) in [5, 5.41) is 76.0. The summed E-state index contributed by atoms with van der Waals surface area (Å²) in [5.74, 6) is -0.698. The van der Waals surface area contributed by atoms with Gasteiger partial charge in [-0.1, -0.05) is 225 Å². The number of unbranched alkanes of at least 4 members (excludes halogenated alkanes) is 32. The molecule has 0 saturated carbocycles. The second-order valence-electron chi connectivity index (χ2n) is 19.3. The van der Waals surface area contributed by atoms with Gasteiger partial charge in [-0.3, -0.25) is 4.79 Å². The Morgan fingerprint density at radius 2 is 0.906 bits per heavy atom. The number of ether oxygens (including phenoxy) is 2. The largest absolute Gasteiger partial charge is 0.394 e. The zero-order valence-corrected chi connectivity index (χ0v) is 41.3. The molecule has 0 bridgehead atoms. The van der Waals surface area contributed by atoms with E-state index in [-0.39, 0.29) is 6.42 Å². The smallest absolute Gasteiger partial charge is 0.249 e. The topological polar surface area (TPSA) is 189 Å². The quantitative estimate of drug-likeness (QED) is 0.0216. The van der Waals surface area contributed by atoms with Crippen LogP contribution in [0.4, 0.5) is 0 Å². The van der Waals surface area contributed by atoms with Gasteiger partial charge >= 0.3 is 0 Å². The molecular formula is C53H103NO10. The molecule has 11 nitrogen and oxygen atoms in total. The minimum absolute atomic E-state index is 0.256. The summed E-state index contributed by atoms with van der Waals surface area (Å²) in [4.78, 5) is 13.1. The van der Waals surface area contributed by atoms with Gasteiger partial charge in [0.05, 0.1) is 25.4 Å². The highest BCUT2D eigenvalue weighted by molar-refractivity contribution is 5.80. The van der Waals surface area contributed by atoms with E-state index >= 15 is 0 Å². The number of carbonyl (C=O) groups excluding carboxylic acids is 1. The van der Waals surface area contributed by atoms with E-state index in [4.69, 9.17) is 9.47 Å². The Balaban J connectivity index is 2.35. The normalized spacial score (nSPS) is 21.0. The first-order valence-corrected chi connectivity index (χ1v) is 27.1. The van der Waals surface area contributed by atoms with Crippen molar-refractivity contribution >= 4 is 5.91 Å². The number of amides is 1. The second kappa shape index (κ2) is 43.2. The molecule has 1 rings (SSSR count). The van der Waals surface area contributed by atoms with Crippen molar-refractivity contribution in [1.29, 1.82) is 0 Å². The molecule has 0 aromatic rings. The lowest BCUT2D eigenvalue weighted by Crippen LogP contribution is -2.60. The molecule has 1 aliphatic rings. The second-order valence-corrected chi connectivity index (χ2v) is 19.3. The van der Waals surface area contributed by atoms with Crippen molar-refractivity contribution in [3.8, 4) is 0 Å². The van der Waals surface area contributed by atoms with Gasteiger partial charge < -0.3 is 50.5 Å². The van der Waals surface area contributed by atoms with Crippen molar-refractivity contribution in [2.75, 3.05) is 13.2 Å². The monoisotopic (exact) mass is 914 g/mol. The van der Waals surface area contributed by atoms with Gasteiger partial charge in [-0.2, -0.15) is 0 Å². The van der Waals surface area contributed by atoms with E-state index in [9.17, 15) is 40.5 Å². The van der Waals surface area contributed by atoms with E-state index in [1.165, 1.54) is 161 Å². The van der Waals surface area contributed by atoms with E-state index in [2.05, 4.69) is 31.3 Å². The Morgan fingerprint density at radius 3 is 1.31 bits per heavy atom. The highest BCUT2D eigenvalue weighted by Crippen LogP contribution is 2.23. The Bertz CT molecular complexity index is 1050. The van der Waals surface area contributed by atoms with Crippen LogP contribution in [0, 0.1) is 0 Å². The maximum atomic E-state index is 13.1. The van der Waals surface area contributed by atoms with Crippen LogP contribution in [0.3, 0.4) is 0 Å². The van der Waals surface area contributed by atoms with Gasteiger partial charge in [-0.05, 0) is 38.5 Å². The van der Waals surface area contributed by atoms with Gasteiger partial charge in [0, 0.05) is 0 Å². The maximum absolute atomic E-state index is 13.1. The minimum atomic E-state index is -1.66. The molecule has 0 radical (unpaired) electrons. The highest BCUT2D eigenvalue weighted by atomic mass is 16.7. The zero-order valence-electron chi connectivity index (χ0n) is 41.3. The van der Waals surface area contributed by atoms with Crippen LogP contribution in [-0.4, -0.2) is 110 Å². The van der Waals surface area contributed by atoms with Gasteiger partial charge in [0.25, 0.3) is 0 Å². The fraction of sp³-hybridized carbons (Fsp3) is 0.943. The molecular weight excluding hydrogens is 811 g/mol. The number of allylic oxidation sites excluding steroid dienone is 2. The fourth-order valence-electron chi connectivity index (χ4n) is 8.85. The molecule has 8 N–H and O–H groups in total. The predicted molar refractivity (Wildman–Crippen MR) is 261 cm³/mol. The van der Waals surface area contributed by atoms with Crippen molar-refractivity contribution in [2.24, 2.45) is 0 Å². The van der Waals surface area contributed by atoms with Gasteiger partial charge in [0.2, 0.25) is 5.91 Å². The van der Waals surface area contributed by atoms with Crippen molar-refractivity contribution in [3.63, 3.8) is 0 Å². The van der Waals surface area contributed by atoms with Crippen molar-refractivity contribution in [3.05, 3.63) is 12.2 Å². The molecule has 1 amide bonds. The third-order valence-corrected chi connectivity index (χ3v) is 13.3. The molecule has 1 saturated heterocycles. The zero-order chi connectivity index (χ0) is 46.9. The first-order chi connectivity index (χ1) is 31.2. The van der Waals surface area contributed by atoms with Crippen LogP contribution in [0.5, 0.6) is 0 Å². The van der Waals surface area contributed by atoms with Gasteiger partial charge in [-0.25, -0.2) is 0 Å². The molecule has 0 spiro atoms. The molecule has 11 heteroatoms.